The minimum Gasteiger partial charge on any atom is -0.461 e. The zero-order chi connectivity index (χ0) is 13.1. The lowest BCUT2D eigenvalue weighted by Crippen LogP contribution is -2.34. The fourth-order valence-electron chi connectivity index (χ4n) is 2.66. The Labute approximate surface area is 113 Å². The number of Topliss-reactive ketones (excluding diaryl/α,β-unsaturated/α-hetero) is 1. The molecule has 0 bridgehead atoms. The zero-order valence-electron chi connectivity index (χ0n) is 11.1. The fraction of sp³-hybridized carbons (Fsp3) is 0.438. The SMILES string of the molecule is O=C1CCN(CCCc2cc3ccccc3o2)CC1. The average molecular weight is 257 g/mol. The smallest absolute Gasteiger partial charge is 0.135 e. The first-order valence-corrected chi connectivity index (χ1v) is 7.03. The molecule has 1 aliphatic heterocycles. The second kappa shape index (κ2) is 5.57. The molecule has 2 heterocycles. The van der Waals surface area contributed by atoms with Crippen molar-refractivity contribution in [1.82, 2.24) is 4.90 Å². The van der Waals surface area contributed by atoms with Crippen molar-refractivity contribution < 1.29 is 9.21 Å². The van der Waals surface area contributed by atoms with Gasteiger partial charge in [0.15, 0.2) is 0 Å². The van der Waals surface area contributed by atoms with E-state index in [2.05, 4.69) is 17.0 Å². The van der Waals surface area contributed by atoms with E-state index in [1.165, 1.54) is 5.39 Å². The average Bonchev–Trinajstić information content (AvgIpc) is 2.83. The Kier molecular flexibility index (Phi) is 3.65. The quantitative estimate of drug-likeness (QED) is 0.844. The molecule has 1 saturated heterocycles. The van der Waals surface area contributed by atoms with Gasteiger partial charge in [-0.1, -0.05) is 18.2 Å². The molecule has 0 aliphatic carbocycles. The van der Waals surface area contributed by atoms with Gasteiger partial charge in [0, 0.05) is 37.7 Å². The summed E-state index contributed by atoms with van der Waals surface area (Å²) in [6.07, 6.45) is 3.52. The van der Waals surface area contributed by atoms with Crippen molar-refractivity contribution in [2.75, 3.05) is 19.6 Å². The normalized spacial score (nSPS) is 17.2. The number of benzene rings is 1. The maximum absolute atomic E-state index is 11.2. The van der Waals surface area contributed by atoms with Crippen LogP contribution in [0.2, 0.25) is 0 Å². The summed E-state index contributed by atoms with van der Waals surface area (Å²) in [4.78, 5) is 13.5. The van der Waals surface area contributed by atoms with Crippen LogP contribution in [-0.2, 0) is 11.2 Å². The number of para-hydroxylation sites is 1. The lowest BCUT2D eigenvalue weighted by molar-refractivity contribution is -0.121. The molecule has 0 spiro atoms. The van der Waals surface area contributed by atoms with E-state index in [-0.39, 0.29) is 0 Å². The third-order valence-corrected chi connectivity index (χ3v) is 3.79. The second-order valence-electron chi connectivity index (χ2n) is 5.23. The number of furan rings is 1. The molecule has 0 radical (unpaired) electrons. The number of carbonyl (C=O) groups is 1. The van der Waals surface area contributed by atoms with Crippen LogP contribution in [0.3, 0.4) is 0 Å². The maximum atomic E-state index is 11.2. The minimum atomic E-state index is 0.411. The monoisotopic (exact) mass is 257 g/mol. The Bertz CT molecular complexity index is 530. The van der Waals surface area contributed by atoms with E-state index >= 15 is 0 Å². The topological polar surface area (TPSA) is 33.5 Å². The van der Waals surface area contributed by atoms with Crippen LogP contribution in [-0.4, -0.2) is 30.3 Å². The first-order valence-electron chi connectivity index (χ1n) is 7.03. The van der Waals surface area contributed by atoms with E-state index < -0.39 is 0 Å². The molecule has 0 N–H and O–H groups in total. The molecule has 1 aromatic carbocycles. The van der Waals surface area contributed by atoms with Gasteiger partial charge in [-0.15, -0.1) is 0 Å². The number of nitrogens with zero attached hydrogens (tertiary/aromatic N) is 1. The van der Waals surface area contributed by atoms with Gasteiger partial charge in [0.2, 0.25) is 0 Å². The minimum absolute atomic E-state index is 0.411. The van der Waals surface area contributed by atoms with Crippen LogP contribution < -0.4 is 0 Å². The summed E-state index contributed by atoms with van der Waals surface area (Å²) in [7, 11) is 0. The lowest BCUT2D eigenvalue weighted by Gasteiger charge is -2.25. The van der Waals surface area contributed by atoms with E-state index in [0.717, 1.165) is 56.7 Å². The van der Waals surface area contributed by atoms with Gasteiger partial charge in [-0.2, -0.15) is 0 Å². The summed E-state index contributed by atoms with van der Waals surface area (Å²) in [5, 5.41) is 1.18. The van der Waals surface area contributed by atoms with Gasteiger partial charge in [0.1, 0.15) is 17.1 Å². The maximum Gasteiger partial charge on any atom is 0.135 e. The van der Waals surface area contributed by atoms with Crippen LogP contribution in [0.15, 0.2) is 34.7 Å². The van der Waals surface area contributed by atoms with Crippen LogP contribution in [0.4, 0.5) is 0 Å². The highest BCUT2D eigenvalue weighted by atomic mass is 16.3. The van der Waals surface area contributed by atoms with Gasteiger partial charge >= 0.3 is 0 Å². The Hall–Kier alpha value is -1.61. The van der Waals surface area contributed by atoms with Crippen LogP contribution >= 0.6 is 0 Å². The molecule has 3 rings (SSSR count). The molecule has 0 amide bonds. The van der Waals surface area contributed by atoms with E-state index in [9.17, 15) is 4.79 Å². The van der Waals surface area contributed by atoms with Gasteiger partial charge in [-0.05, 0) is 25.1 Å². The van der Waals surface area contributed by atoms with Crippen molar-refractivity contribution in [3.63, 3.8) is 0 Å². The Balaban J connectivity index is 1.50. The van der Waals surface area contributed by atoms with Gasteiger partial charge in [-0.25, -0.2) is 0 Å². The van der Waals surface area contributed by atoms with Crippen molar-refractivity contribution in [3.05, 3.63) is 36.1 Å². The number of carbonyl (C=O) groups excluding carboxylic acids is 1. The molecule has 1 fully saturated rings. The number of likely N-dealkylation sites (tertiary alicyclic amines) is 1. The second-order valence-corrected chi connectivity index (χ2v) is 5.23. The number of hydrogen-bond donors (Lipinski definition) is 0. The molecule has 0 unspecified atom stereocenters. The van der Waals surface area contributed by atoms with Crippen LogP contribution in [0.25, 0.3) is 11.0 Å². The van der Waals surface area contributed by atoms with Crippen molar-refractivity contribution in [1.29, 1.82) is 0 Å². The van der Waals surface area contributed by atoms with Crippen molar-refractivity contribution in [2.45, 2.75) is 25.7 Å². The standard InChI is InChI=1S/C16H19NO2/c18-14-7-10-17(11-8-14)9-3-5-15-12-13-4-1-2-6-16(13)19-15/h1-2,4,6,12H,3,5,7-11H2. The number of aryl methyl sites for hydroxylation is 1. The van der Waals surface area contributed by atoms with Crippen molar-refractivity contribution in [3.8, 4) is 0 Å². The van der Waals surface area contributed by atoms with Gasteiger partial charge in [0.25, 0.3) is 0 Å². The molecule has 3 heteroatoms. The van der Waals surface area contributed by atoms with E-state index in [4.69, 9.17) is 4.42 Å². The molecule has 1 aromatic heterocycles. The molecule has 3 nitrogen and oxygen atoms in total. The van der Waals surface area contributed by atoms with Gasteiger partial charge in [0.05, 0.1) is 0 Å². The van der Waals surface area contributed by atoms with Crippen molar-refractivity contribution >= 4 is 16.8 Å². The largest absolute Gasteiger partial charge is 0.461 e. The Morgan fingerprint density at radius 3 is 2.74 bits per heavy atom. The first kappa shape index (κ1) is 12.4. The molecule has 0 saturated carbocycles. The summed E-state index contributed by atoms with van der Waals surface area (Å²) in [6.45, 7) is 2.92. The van der Waals surface area contributed by atoms with E-state index in [1.807, 2.05) is 18.2 Å². The zero-order valence-corrected chi connectivity index (χ0v) is 11.1. The number of ketones is 1. The molecule has 1 aliphatic rings. The Morgan fingerprint density at radius 2 is 1.95 bits per heavy atom. The third-order valence-electron chi connectivity index (χ3n) is 3.79. The summed E-state index contributed by atoms with van der Waals surface area (Å²) in [6, 6.07) is 10.3. The fourth-order valence-corrected chi connectivity index (χ4v) is 2.66. The van der Waals surface area contributed by atoms with E-state index in [0.29, 0.717) is 5.78 Å². The molecule has 19 heavy (non-hydrogen) atoms. The highest BCUT2D eigenvalue weighted by Gasteiger charge is 2.15. The van der Waals surface area contributed by atoms with Crippen molar-refractivity contribution in [2.24, 2.45) is 0 Å². The van der Waals surface area contributed by atoms with E-state index in [1.54, 1.807) is 0 Å². The predicted octanol–water partition coefficient (Wildman–Crippen LogP) is 3.03. The number of piperidine rings is 1. The lowest BCUT2D eigenvalue weighted by atomic mass is 10.1. The molecule has 0 atom stereocenters. The first-order chi connectivity index (χ1) is 9.31. The molecule has 100 valence electrons. The highest BCUT2D eigenvalue weighted by Crippen LogP contribution is 2.20. The number of fused-ring (bicyclic) bond motifs is 1. The molecular weight excluding hydrogens is 238 g/mol. The predicted molar refractivity (Wildman–Crippen MR) is 75.2 cm³/mol. The van der Waals surface area contributed by atoms with Crippen LogP contribution in [0.5, 0.6) is 0 Å². The Morgan fingerprint density at radius 1 is 1.16 bits per heavy atom. The summed E-state index contributed by atoms with van der Waals surface area (Å²) in [5.41, 5.74) is 0.973. The summed E-state index contributed by atoms with van der Waals surface area (Å²) < 4.78 is 5.80. The number of rotatable bonds is 4. The third kappa shape index (κ3) is 3.04. The van der Waals surface area contributed by atoms with Crippen LogP contribution in [0, 0.1) is 0 Å². The van der Waals surface area contributed by atoms with Crippen LogP contribution in [0.1, 0.15) is 25.0 Å². The summed E-state index contributed by atoms with van der Waals surface area (Å²) >= 11 is 0. The number of hydrogen-bond acceptors (Lipinski definition) is 3. The van der Waals surface area contributed by atoms with Gasteiger partial charge in [-0.3, -0.25) is 4.79 Å². The highest BCUT2D eigenvalue weighted by molar-refractivity contribution is 5.79. The summed E-state index contributed by atoms with van der Waals surface area (Å²) in [5.74, 6) is 1.47. The molecular formula is C16H19NO2. The van der Waals surface area contributed by atoms with Gasteiger partial charge < -0.3 is 9.32 Å². The molecule has 2 aromatic rings.